The maximum absolute atomic E-state index is 12.3. The number of nitrogens with two attached hydrogens (primary N) is 2. The lowest BCUT2D eigenvalue weighted by Gasteiger charge is -2.32. The van der Waals surface area contributed by atoms with Crippen LogP contribution >= 0.6 is 0 Å². The minimum absolute atomic E-state index is 0.218. The fourth-order valence-electron chi connectivity index (χ4n) is 3.08. The monoisotopic (exact) mass is 417 g/mol. The molecule has 0 spiro atoms. The second-order valence-corrected chi connectivity index (χ2v) is 8.59. The number of nitrogens with zero attached hydrogens (tertiary/aromatic N) is 5. The Morgan fingerprint density at radius 1 is 1.27 bits per heavy atom. The van der Waals surface area contributed by atoms with Gasteiger partial charge in [-0.2, -0.15) is 9.97 Å². The van der Waals surface area contributed by atoms with Gasteiger partial charge in [0, 0.05) is 37.8 Å². The van der Waals surface area contributed by atoms with E-state index in [1.165, 1.54) is 0 Å². The summed E-state index contributed by atoms with van der Waals surface area (Å²) < 4.78 is 11.4. The number of anilines is 1. The molecule has 0 unspecified atom stereocenters. The molecule has 0 saturated carbocycles. The van der Waals surface area contributed by atoms with E-state index in [2.05, 4.69) is 19.9 Å². The molecule has 0 aromatic carbocycles. The largest absolute Gasteiger partial charge is 0.458 e. The molecule has 1 aromatic rings. The normalized spacial score (nSPS) is 20.2. The fourth-order valence-corrected chi connectivity index (χ4v) is 3.08. The number of rotatable bonds is 5. The topological polar surface area (TPSA) is 132 Å². The van der Waals surface area contributed by atoms with Gasteiger partial charge in [0.05, 0.1) is 6.54 Å². The number of amidine groups is 1. The Morgan fingerprint density at radius 3 is 2.60 bits per heavy atom. The van der Waals surface area contributed by atoms with Crippen molar-refractivity contribution in [3.8, 4) is 6.01 Å². The van der Waals surface area contributed by atoms with Crippen LogP contribution in [0.25, 0.3) is 0 Å². The first kappa shape index (κ1) is 21.7. The summed E-state index contributed by atoms with van der Waals surface area (Å²) in [5.41, 5.74) is 11.6. The lowest BCUT2D eigenvalue weighted by atomic mass is 10.2. The number of likely N-dealkylation sites (tertiary alicyclic amines) is 1. The number of carbonyl (C=O) groups is 1. The SMILES string of the molecule is CC(N)=CC(N)=Nc1cc(N2CCC2)nc(O[C@H]2CCN(C(=O)OC(C)(C)C)C2)n1. The van der Waals surface area contributed by atoms with E-state index in [0.717, 1.165) is 25.3 Å². The summed E-state index contributed by atoms with van der Waals surface area (Å²) in [6.45, 7) is 10.1. The van der Waals surface area contributed by atoms with Crippen molar-refractivity contribution in [2.24, 2.45) is 16.5 Å². The number of allylic oxidation sites excluding steroid dienone is 1. The Morgan fingerprint density at radius 2 is 2.00 bits per heavy atom. The standard InChI is InChI=1S/C20H31N7O3/c1-13(21)10-15(22)23-16-11-17(26-7-5-8-26)25-18(24-16)29-14-6-9-27(12-14)19(28)30-20(2,3)4/h10-11,14H,5-9,12,21H2,1-4H3,(H2,22,23,24,25)/t14-/m0/s1. The first-order chi connectivity index (χ1) is 14.1. The summed E-state index contributed by atoms with van der Waals surface area (Å²) >= 11 is 0. The van der Waals surface area contributed by atoms with Gasteiger partial charge in [-0.1, -0.05) is 0 Å². The van der Waals surface area contributed by atoms with Crippen LogP contribution in [0, 0.1) is 0 Å². The summed E-state index contributed by atoms with van der Waals surface area (Å²) in [4.78, 5) is 29.3. The lowest BCUT2D eigenvalue weighted by molar-refractivity contribution is 0.0274. The fraction of sp³-hybridized carbons (Fsp3) is 0.600. The zero-order chi connectivity index (χ0) is 21.9. The van der Waals surface area contributed by atoms with Crippen molar-refractivity contribution in [3.63, 3.8) is 0 Å². The van der Waals surface area contributed by atoms with Crippen LogP contribution < -0.4 is 21.1 Å². The Kier molecular flexibility index (Phi) is 6.33. The predicted molar refractivity (Wildman–Crippen MR) is 115 cm³/mol. The molecule has 0 radical (unpaired) electrons. The van der Waals surface area contributed by atoms with Gasteiger partial charge in [0.2, 0.25) is 0 Å². The summed E-state index contributed by atoms with van der Waals surface area (Å²) in [6, 6.07) is 2.00. The molecule has 2 aliphatic rings. The van der Waals surface area contributed by atoms with E-state index in [9.17, 15) is 4.79 Å². The van der Waals surface area contributed by atoms with Crippen molar-refractivity contribution in [3.05, 3.63) is 17.8 Å². The maximum atomic E-state index is 12.3. The molecule has 10 heteroatoms. The lowest BCUT2D eigenvalue weighted by Crippen LogP contribution is -2.38. The highest BCUT2D eigenvalue weighted by Gasteiger charge is 2.31. The van der Waals surface area contributed by atoms with E-state index < -0.39 is 5.60 Å². The van der Waals surface area contributed by atoms with Crippen molar-refractivity contribution >= 4 is 23.6 Å². The first-order valence-corrected chi connectivity index (χ1v) is 10.2. The van der Waals surface area contributed by atoms with Crippen molar-refractivity contribution in [2.75, 3.05) is 31.1 Å². The number of hydrogen-bond donors (Lipinski definition) is 2. The third-order valence-corrected chi connectivity index (χ3v) is 4.55. The summed E-state index contributed by atoms with van der Waals surface area (Å²) in [5.74, 6) is 1.40. The minimum atomic E-state index is -0.534. The molecule has 0 aliphatic carbocycles. The van der Waals surface area contributed by atoms with Crippen LogP contribution in [0.15, 0.2) is 22.8 Å². The predicted octanol–water partition coefficient (Wildman–Crippen LogP) is 1.93. The molecular formula is C20H31N7O3. The van der Waals surface area contributed by atoms with E-state index in [4.69, 9.17) is 20.9 Å². The Bertz CT molecular complexity index is 839. The second-order valence-electron chi connectivity index (χ2n) is 8.59. The van der Waals surface area contributed by atoms with Crippen LogP contribution in [-0.4, -0.2) is 64.7 Å². The zero-order valence-electron chi connectivity index (χ0n) is 18.1. The third-order valence-electron chi connectivity index (χ3n) is 4.55. The van der Waals surface area contributed by atoms with Crippen molar-refractivity contribution in [2.45, 2.75) is 52.2 Å². The molecule has 164 valence electrons. The van der Waals surface area contributed by atoms with Gasteiger partial charge in [0.1, 0.15) is 23.4 Å². The van der Waals surface area contributed by atoms with E-state index >= 15 is 0 Å². The van der Waals surface area contributed by atoms with Gasteiger partial charge in [-0.05, 0) is 40.2 Å². The number of aliphatic imine (C=N–C) groups is 1. The summed E-state index contributed by atoms with van der Waals surface area (Å²) in [7, 11) is 0. The van der Waals surface area contributed by atoms with Crippen LogP contribution in [0.5, 0.6) is 6.01 Å². The van der Waals surface area contributed by atoms with Crippen LogP contribution in [0.2, 0.25) is 0 Å². The highest BCUT2D eigenvalue weighted by atomic mass is 16.6. The van der Waals surface area contributed by atoms with Crippen LogP contribution in [0.3, 0.4) is 0 Å². The van der Waals surface area contributed by atoms with E-state index in [-0.39, 0.29) is 24.0 Å². The molecule has 2 saturated heterocycles. The average Bonchev–Trinajstić information content (AvgIpc) is 2.99. The molecule has 4 N–H and O–H groups in total. The molecule has 1 aromatic heterocycles. The van der Waals surface area contributed by atoms with Gasteiger partial charge < -0.3 is 30.7 Å². The highest BCUT2D eigenvalue weighted by Crippen LogP contribution is 2.26. The molecule has 0 bridgehead atoms. The molecule has 10 nitrogen and oxygen atoms in total. The van der Waals surface area contributed by atoms with Gasteiger partial charge in [-0.3, -0.25) is 0 Å². The van der Waals surface area contributed by atoms with E-state index in [1.807, 2.05) is 20.8 Å². The number of aromatic nitrogens is 2. The molecule has 1 atom stereocenters. The van der Waals surface area contributed by atoms with E-state index in [1.54, 1.807) is 24.0 Å². The molecule has 30 heavy (non-hydrogen) atoms. The second kappa shape index (κ2) is 8.76. The van der Waals surface area contributed by atoms with E-state index in [0.29, 0.717) is 31.0 Å². The van der Waals surface area contributed by atoms with Crippen LogP contribution in [0.4, 0.5) is 16.4 Å². The van der Waals surface area contributed by atoms with Gasteiger partial charge >= 0.3 is 12.1 Å². The molecule has 2 aliphatic heterocycles. The highest BCUT2D eigenvalue weighted by molar-refractivity contribution is 5.93. The molecule has 3 heterocycles. The number of amides is 1. The molecule has 1 amide bonds. The number of ether oxygens (including phenoxy) is 2. The smallest absolute Gasteiger partial charge is 0.410 e. The van der Waals surface area contributed by atoms with Gasteiger partial charge in [-0.25, -0.2) is 9.79 Å². The minimum Gasteiger partial charge on any atom is -0.458 e. The third kappa shape index (κ3) is 5.98. The Labute approximate surface area is 176 Å². The summed E-state index contributed by atoms with van der Waals surface area (Å²) in [6.07, 6.45) is 2.80. The van der Waals surface area contributed by atoms with Crippen molar-refractivity contribution in [1.82, 2.24) is 14.9 Å². The number of carbonyl (C=O) groups excluding carboxylic acids is 1. The Hall–Kier alpha value is -3.04. The zero-order valence-corrected chi connectivity index (χ0v) is 18.1. The average molecular weight is 418 g/mol. The summed E-state index contributed by atoms with van der Waals surface area (Å²) in [5, 5.41) is 0. The Balaban J connectivity index is 1.73. The molecule has 3 rings (SSSR count). The molecule has 2 fully saturated rings. The van der Waals surface area contributed by atoms with Crippen molar-refractivity contribution < 1.29 is 14.3 Å². The maximum Gasteiger partial charge on any atom is 0.410 e. The van der Waals surface area contributed by atoms with Gasteiger partial charge in [0.15, 0.2) is 5.82 Å². The van der Waals surface area contributed by atoms with Gasteiger partial charge in [0.25, 0.3) is 0 Å². The van der Waals surface area contributed by atoms with Crippen LogP contribution in [0.1, 0.15) is 40.5 Å². The first-order valence-electron chi connectivity index (χ1n) is 10.2. The number of hydrogen-bond acceptors (Lipinski definition) is 8. The molecular weight excluding hydrogens is 386 g/mol. The van der Waals surface area contributed by atoms with Gasteiger partial charge in [-0.15, -0.1) is 0 Å². The van der Waals surface area contributed by atoms with Crippen molar-refractivity contribution in [1.29, 1.82) is 0 Å². The quantitative estimate of drug-likeness (QED) is 0.548. The van der Waals surface area contributed by atoms with Crippen LogP contribution in [-0.2, 0) is 4.74 Å².